The molecule has 0 unspecified atom stereocenters. The summed E-state index contributed by atoms with van der Waals surface area (Å²) >= 11 is 2.76. The predicted octanol–water partition coefficient (Wildman–Crippen LogP) is 3.06. The molecule has 1 atom stereocenters. The molecule has 0 saturated carbocycles. The summed E-state index contributed by atoms with van der Waals surface area (Å²) in [7, 11) is 1.70. The highest BCUT2D eigenvalue weighted by atomic mass is 32.2. The highest BCUT2D eigenvalue weighted by molar-refractivity contribution is 7.99. The fraction of sp³-hybridized carbons (Fsp3) is 0.278. The van der Waals surface area contributed by atoms with Gasteiger partial charge in [0.05, 0.1) is 11.1 Å². The lowest BCUT2D eigenvalue weighted by Crippen LogP contribution is -2.37. The molecule has 7 heteroatoms. The van der Waals surface area contributed by atoms with E-state index in [0.29, 0.717) is 10.5 Å². The van der Waals surface area contributed by atoms with Gasteiger partial charge >= 0.3 is 0 Å². The molecule has 1 amide bonds. The summed E-state index contributed by atoms with van der Waals surface area (Å²) in [5, 5.41) is 3.07. The zero-order valence-electron chi connectivity index (χ0n) is 13.9. The number of nitrogens with zero attached hydrogens (tertiary/aromatic N) is 3. The molecule has 3 aromatic rings. The van der Waals surface area contributed by atoms with Crippen molar-refractivity contribution in [2.24, 2.45) is 7.05 Å². The molecule has 0 bridgehead atoms. The molecule has 0 N–H and O–H groups in total. The topological polar surface area (TPSA) is 55.2 Å². The molecular weight excluding hydrogens is 354 g/mol. The summed E-state index contributed by atoms with van der Waals surface area (Å²) in [6.45, 7) is 2.06. The highest BCUT2D eigenvalue weighted by Crippen LogP contribution is 2.32. The van der Waals surface area contributed by atoms with E-state index >= 15 is 0 Å². The number of thioether (sulfide) groups is 1. The van der Waals surface area contributed by atoms with Crippen LogP contribution in [0.2, 0.25) is 0 Å². The Labute approximate surface area is 153 Å². The van der Waals surface area contributed by atoms with Gasteiger partial charge in [-0.2, -0.15) is 0 Å². The molecule has 4 rings (SSSR count). The second-order valence-corrected chi connectivity index (χ2v) is 7.97. The number of para-hydroxylation sites is 1. The van der Waals surface area contributed by atoms with Crippen LogP contribution < -0.4 is 10.5 Å². The first kappa shape index (κ1) is 16.4. The van der Waals surface area contributed by atoms with Crippen molar-refractivity contribution in [2.45, 2.75) is 24.5 Å². The monoisotopic (exact) mass is 371 g/mol. The average Bonchev–Trinajstić information content (AvgIpc) is 3.19. The molecular formula is C18H17N3O2S2. The number of aromatic nitrogens is 2. The van der Waals surface area contributed by atoms with Crippen LogP contribution in [0.4, 0.5) is 5.69 Å². The van der Waals surface area contributed by atoms with Gasteiger partial charge in [-0.25, -0.2) is 4.98 Å². The third-order valence-corrected chi connectivity index (χ3v) is 6.29. The number of anilines is 1. The Bertz CT molecular complexity index is 1020. The molecule has 0 saturated heterocycles. The van der Waals surface area contributed by atoms with E-state index in [2.05, 4.69) is 18.0 Å². The fourth-order valence-electron chi connectivity index (χ4n) is 3.25. The molecule has 5 nitrogen and oxygen atoms in total. The third kappa shape index (κ3) is 2.77. The molecule has 0 fully saturated rings. The van der Waals surface area contributed by atoms with Crippen molar-refractivity contribution >= 4 is 44.9 Å². The van der Waals surface area contributed by atoms with Crippen LogP contribution in [0.1, 0.15) is 12.5 Å². The average molecular weight is 371 g/mol. The summed E-state index contributed by atoms with van der Waals surface area (Å²) in [5.74, 6) is 0.304. The van der Waals surface area contributed by atoms with Crippen molar-refractivity contribution < 1.29 is 4.79 Å². The number of hydrogen-bond acceptors (Lipinski definition) is 5. The first-order valence-corrected chi connectivity index (χ1v) is 9.90. The second-order valence-electron chi connectivity index (χ2n) is 6.13. The lowest BCUT2D eigenvalue weighted by atomic mass is 10.1. The minimum Gasteiger partial charge on any atom is -0.308 e. The number of fused-ring (bicyclic) bond motifs is 2. The summed E-state index contributed by atoms with van der Waals surface area (Å²) in [5.41, 5.74) is 2.14. The highest BCUT2D eigenvalue weighted by Gasteiger charge is 2.30. The van der Waals surface area contributed by atoms with E-state index in [1.165, 1.54) is 33.2 Å². The summed E-state index contributed by atoms with van der Waals surface area (Å²) in [4.78, 5) is 32.3. The van der Waals surface area contributed by atoms with Crippen LogP contribution in [0.15, 0.2) is 45.7 Å². The van der Waals surface area contributed by atoms with Crippen molar-refractivity contribution in [3.63, 3.8) is 0 Å². The van der Waals surface area contributed by atoms with Crippen LogP contribution in [0, 0.1) is 0 Å². The number of benzene rings is 1. The number of carbonyl (C=O) groups is 1. The maximum absolute atomic E-state index is 12.8. The molecule has 1 aliphatic rings. The van der Waals surface area contributed by atoms with Gasteiger partial charge in [0, 0.05) is 18.8 Å². The summed E-state index contributed by atoms with van der Waals surface area (Å²) in [6.07, 6.45) is 0.879. The number of thiophene rings is 1. The normalized spacial score (nSPS) is 16.4. The Hall–Kier alpha value is -2.12. The Kier molecular flexibility index (Phi) is 4.13. The largest absolute Gasteiger partial charge is 0.308 e. The van der Waals surface area contributed by atoms with Crippen LogP contribution in [-0.4, -0.2) is 27.3 Å². The van der Waals surface area contributed by atoms with Crippen LogP contribution in [0.3, 0.4) is 0 Å². The third-order valence-electron chi connectivity index (χ3n) is 4.46. The van der Waals surface area contributed by atoms with Crippen LogP contribution in [0.25, 0.3) is 10.2 Å². The van der Waals surface area contributed by atoms with Crippen LogP contribution in [0.5, 0.6) is 0 Å². The number of rotatable bonds is 3. The number of carbonyl (C=O) groups excluding carboxylic acids is 1. The molecule has 0 spiro atoms. The van der Waals surface area contributed by atoms with Crippen molar-refractivity contribution in [1.29, 1.82) is 0 Å². The Morgan fingerprint density at radius 3 is 3.00 bits per heavy atom. The summed E-state index contributed by atoms with van der Waals surface area (Å²) < 4.78 is 1.52. The van der Waals surface area contributed by atoms with Crippen molar-refractivity contribution in [1.82, 2.24) is 9.55 Å². The molecule has 0 radical (unpaired) electrons. The molecule has 1 aromatic carbocycles. The van der Waals surface area contributed by atoms with Gasteiger partial charge in [0.2, 0.25) is 5.91 Å². The van der Waals surface area contributed by atoms with Gasteiger partial charge in [-0.05, 0) is 36.4 Å². The first-order valence-electron chi connectivity index (χ1n) is 8.03. The van der Waals surface area contributed by atoms with E-state index in [-0.39, 0.29) is 23.3 Å². The minimum atomic E-state index is -0.0684. The Morgan fingerprint density at radius 2 is 2.16 bits per heavy atom. The van der Waals surface area contributed by atoms with E-state index in [1.54, 1.807) is 13.1 Å². The first-order chi connectivity index (χ1) is 12.1. The Morgan fingerprint density at radius 1 is 1.36 bits per heavy atom. The van der Waals surface area contributed by atoms with Gasteiger partial charge in [-0.15, -0.1) is 11.3 Å². The molecule has 3 heterocycles. The van der Waals surface area contributed by atoms with Gasteiger partial charge in [0.25, 0.3) is 5.56 Å². The second kappa shape index (κ2) is 6.31. The molecule has 25 heavy (non-hydrogen) atoms. The zero-order chi connectivity index (χ0) is 17.6. The lowest BCUT2D eigenvalue weighted by Gasteiger charge is -2.22. The van der Waals surface area contributed by atoms with Crippen molar-refractivity contribution in [3.05, 3.63) is 51.6 Å². The van der Waals surface area contributed by atoms with E-state index in [1.807, 2.05) is 28.5 Å². The van der Waals surface area contributed by atoms with Gasteiger partial charge in [0.1, 0.15) is 4.83 Å². The van der Waals surface area contributed by atoms with Gasteiger partial charge in [-0.3, -0.25) is 14.2 Å². The predicted molar refractivity (Wildman–Crippen MR) is 103 cm³/mol. The van der Waals surface area contributed by atoms with Gasteiger partial charge < -0.3 is 4.90 Å². The van der Waals surface area contributed by atoms with E-state index in [9.17, 15) is 9.59 Å². The maximum atomic E-state index is 12.8. The van der Waals surface area contributed by atoms with Crippen molar-refractivity contribution in [3.8, 4) is 0 Å². The smallest absolute Gasteiger partial charge is 0.262 e. The lowest BCUT2D eigenvalue weighted by molar-refractivity contribution is -0.116. The SMILES string of the molecule is C[C@@H]1Cc2ccccc2N1C(=O)CSc1nc2sccc2c(=O)n1C. The Balaban J connectivity index is 1.57. The van der Waals surface area contributed by atoms with E-state index in [0.717, 1.165) is 16.9 Å². The van der Waals surface area contributed by atoms with Crippen LogP contribution in [-0.2, 0) is 18.3 Å². The summed E-state index contributed by atoms with van der Waals surface area (Å²) in [6, 6.07) is 9.97. The quantitative estimate of drug-likeness (QED) is 0.524. The van der Waals surface area contributed by atoms with E-state index in [4.69, 9.17) is 0 Å². The van der Waals surface area contributed by atoms with Crippen molar-refractivity contribution in [2.75, 3.05) is 10.7 Å². The van der Waals surface area contributed by atoms with Gasteiger partial charge in [0.15, 0.2) is 5.16 Å². The molecule has 0 aliphatic carbocycles. The van der Waals surface area contributed by atoms with Gasteiger partial charge in [-0.1, -0.05) is 30.0 Å². The maximum Gasteiger partial charge on any atom is 0.262 e. The minimum absolute atomic E-state index is 0.0444. The van der Waals surface area contributed by atoms with E-state index < -0.39 is 0 Å². The van der Waals surface area contributed by atoms with Crippen LogP contribution >= 0.6 is 23.1 Å². The number of amides is 1. The zero-order valence-corrected chi connectivity index (χ0v) is 15.6. The standard InChI is InChI=1S/C18H17N3O2S2/c1-11-9-12-5-3-4-6-14(12)21(11)15(22)10-25-18-19-16-13(7-8-24-16)17(23)20(18)2/h3-8,11H,9-10H2,1-2H3/t11-/m1/s1. The number of hydrogen-bond donors (Lipinski definition) is 0. The fourth-order valence-corrected chi connectivity index (χ4v) is 4.89. The molecule has 1 aliphatic heterocycles. The molecule has 2 aromatic heterocycles. The molecule has 128 valence electrons.